The molecule has 0 aliphatic rings. The monoisotopic (exact) mass is 414 g/mol. The van der Waals surface area contributed by atoms with Crippen LogP contribution in [0.4, 0.5) is 0 Å². The van der Waals surface area contributed by atoms with Crippen LogP contribution >= 0.6 is 0 Å². The molecule has 0 amide bonds. The summed E-state index contributed by atoms with van der Waals surface area (Å²) in [5.74, 6) is 7.60. The van der Waals surface area contributed by atoms with E-state index < -0.39 is 16.1 Å². The summed E-state index contributed by atoms with van der Waals surface area (Å²) in [6.07, 6.45) is 9.01. The summed E-state index contributed by atoms with van der Waals surface area (Å²) >= 11 is 0. The van der Waals surface area contributed by atoms with Crippen molar-refractivity contribution in [3.8, 4) is 22.9 Å². The van der Waals surface area contributed by atoms with Crippen LogP contribution in [0.3, 0.4) is 0 Å². The fraction of sp³-hybridized carbons (Fsp3) is 0.692. The Hall–Kier alpha value is -0.966. The van der Waals surface area contributed by atoms with Crippen LogP contribution in [0.2, 0.25) is 39.3 Å². The van der Waals surface area contributed by atoms with Crippen molar-refractivity contribution in [2.24, 2.45) is 10.8 Å². The highest BCUT2D eigenvalue weighted by molar-refractivity contribution is 6.84. The lowest BCUT2D eigenvalue weighted by atomic mass is 9.62. The van der Waals surface area contributed by atoms with Crippen LogP contribution in [0.25, 0.3) is 0 Å². The second kappa shape index (κ2) is 10.7. The van der Waals surface area contributed by atoms with E-state index in [2.05, 4.69) is 116 Å². The number of rotatable bonds is 7. The lowest BCUT2D eigenvalue weighted by Gasteiger charge is -2.40. The molecule has 0 spiro atoms. The first-order chi connectivity index (χ1) is 12.5. The Morgan fingerprint density at radius 3 is 1.14 bits per heavy atom. The van der Waals surface area contributed by atoms with Gasteiger partial charge in [-0.2, -0.15) is 0 Å². The summed E-state index contributed by atoms with van der Waals surface area (Å²) in [6.45, 7) is 27.5. The molecule has 0 N–H and O–H groups in total. The molecule has 0 saturated heterocycles. The maximum absolute atomic E-state index is 3.80. The molecular weight excluding hydrogens is 368 g/mol. The Labute approximate surface area is 179 Å². The Morgan fingerprint density at radius 2 is 0.929 bits per heavy atom. The van der Waals surface area contributed by atoms with Crippen LogP contribution in [0.15, 0.2) is 23.3 Å². The molecule has 0 rings (SSSR count). The fourth-order valence-electron chi connectivity index (χ4n) is 2.90. The van der Waals surface area contributed by atoms with E-state index in [0.717, 1.165) is 25.7 Å². The summed E-state index contributed by atoms with van der Waals surface area (Å²) < 4.78 is 0. The van der Waals surface area contributed by atoms with Gasteiger partial charge in [-0.1, -0.05) is 62.6 Å². The van der Waals surface area contributed by atoms with Crippen molar-refractivity contribution in [3.63, 3.8) is 0 Å². The molecule has 0 radical (unpaired) electrons. The third-order valence-corrected chi connectivity index (χ3v) is 6.79. The summed E-state index contributed by atoms with van der Waals surface area (Å²) in [7, 11) is -2.89. The smallest absolute Gasteiger partial charge is 0.129 e. The van der Waals surface area contributed by atoms with Crippen LogP contribution in [-0.2, 0) is 0 Å². The van der Waals surface area contributed by atoms with Gasteiger partial charge in [0.1, 0.15) is 16.1 Å². The minimum Gasteiger partial charge on any atom is -0.131 e. The largest absolute Gasteiger partial charge is 0.131 e. The van der Waals surface area contributed by atoms with E-state index in [1.807, 2.05) is 0 Å². The topological polar surface area (TPSA) is 0 Å². The maximum atomic E-state index is 3.80. The Bertz CT molecular complexity index is 619. The van der Waals surface area contributed by atoms with E-state index >= 15 is 0 Å². The second-order valence-electron chi connectivity index (χ2n) is 11.3. The average molecular weight is 415 g/mol. The lowest BCUT2D eigenvalue weighted by Crippen LogP contribution is -2.37. The van der Waals surface area contributed by atoms with Gasteiger partial charge in [-0.05, 0) is 67.2 Å². The van der Waals surface area contributed by atoms with Gasteiger partial charge >= 0.3 is 0 Å². The van der Waals surface area contributed by atoms with Gasteiger partial charge in [-0.15, -0.1) is 22.9 Å². The van der Waals surface area contributed by atoms with E-state index in [4.69, 9.17) is 0 Å². The first-order valence-electron chi connectivity index (χ1n) is 10.9. The molecule has 0 aliphatic heterocycles. The number of hydrogen-bond acceptors (Lipinski definition) is 0. The lowest BCUT2D eigenvalue weighted by molar-refractivity contribution is 0.180. The molecule has 0 heterocycles. The number of hydrogen-bond donors (Lipinski definition) is 0. The quantitative estimate of drug-likeness (QED) is 0.223. The Morgan fingerprint density at radius 1 is 0.643 bits per heavy atom. The van der Waals surface area contributed by atoms with E-state index in [9.17, 15) is 0 Å². The molecule has 0 bridgehead atoms. The van der Waals surface area contributed by atoms with Crippen molar-refractivity contribution >= 4 is 16.1 Å². The van der Waals surface area contributed by atoms with Crippen molar-refractivity contribution < 1.29 is 0 Å². The molecule has 0 aromatic rings. The highest BCUT2D eigenvalue weighted by Gasteiger charge is 2.41. The summed E-state index contributed by atoms with van der Waals surface area (Å²) in [5, 5.41) is 0. The van der Waals surface area contributed by atoms with Gasteiger partial charge in [0, 0.05) is 10.8 Å². The van der Waals surface area contributed by atoms with Crippen molar-refractivity contribution in [1.82, 2.24) is 0 Å². The van der Waals surface area contributed by atoms with Crippen molar-refractivity contribution in [2.75, 3.05) is 0 Å². The van der Waals surface area contributed by atoms with Gasteiger partial charge in [-0.25, -0.2) is 0 Å². The van der Waals surface area contributed by atoms with Crippen LogP contribution in [0.5, 0.6) is 0 Å². The zero-order valence-electron chi connectivity index (χ0n) is 21.0. The second-order valence-corrected chi connectivity index (χ2v) is 20.8. The molecule has 28 heavy (non-hydrogen) atoms. The molecule has 0 aromatic carbocycles. The SMILES string of the molecule is CC(C)=CCCC(C)(C#C[Si](C)(C)C)C(C)(C#C[Si](C)(C)C)CCC=C(C)C. The van der Waals surface area contributed by atoms with E-state index in [0.29, 0.717) is 0 Å². The van der Waals surface area contributed by atoms with Gasteiger partial charge < -0.3 is 0 Å². The molecule has 158 valence electrons. The van der Waals surface area contributed by atoms with Crippen molar-refractivity contribution in [1.29, 1.82) is 0 Å². The zero-order valence-corrected chi connectivity index (χ0v) is 23.0. The van der Waals surface area contributed by atoms with Crippen LogP contribution in [0.1, 0.15) is 67.2 Å². The fourth-order valence-corrected chi connectivity index (χ4v) is 4.20. The minimum atomic E-state index is -1.44. The first kappa shape index (κ1) is 27.0. The van der Waals surface area contributed by atoms with E-state index in [1.54, 1.807) is 0 Å². The standard InChI is InChI=1S/C26H46Si2/c1-23(2)15-13-17-25(5,19-21-27(7,8)9)26(6,18-14-16-24(3)4)20-22-28(10,11)12/h15-16H,13-14,17-18H2,1-12H3. The van der Waals surface area contributed by atoms with Gasteiger partial charge in [0.05, 0.1) is 0 Å². The third-order valence-electron chi connectivity index (χ3n) is 5.04. The van der Waals surface area contributed by atoms with Crippen LogP contribution < -0.4 is 0 Å². The predicted octanol–water partition coefficient (Wildman–Crippen LogP) is 8.25. The molecule has 0 fully saturated rings. The molecule has 2 atom stereocenters. The van der Waals surface area contributed by atoms with E-state index in [-0.39, 0.29) is 10.8 Å². The summed E-state index contributed by atoms with van der Waals surface area (Å²) in [4.78, 5) is 0. The minimum absolute atomic E-state index is 0.0959. The Kier molecular flexibility index (Phi) is 10.3. The molecule has 0 aliphatic carbocycles. The molecule has 0 aromatic heterocycles. The van der Waals surface area contributed by atoms with Crippen LogP contribution in [-0.4, -0.2) is 16.1 Å². The first-order valence-corrected chi connectivity index (χ1v) is 17.9. The zero-order chi connectivity index (χ0) is 22.2. The van der Waals surface area contributed by atoms with Gasteiger partial charge in [0.2, 0.25) is 0 Å². The predicted molar refractivity (Wildman–Crippen MR) is 136 cm³/mol. The normalized spacial score (nSPS) is 15.7. The summed E-state index contributed by atoms with van der Waals surface area (Å²) in [5.41, 5.74) is 9.98. The molecule has 2 heteroatoms. The maximum Gasteiger partial charge on any atom is 0.129 e. The van der Waals surface area contributed by atoms with Crippen molar-refractivity contribution in [2.45, 2.75) is 107 Å². The van der Waals surface area contributed by atoms with Gasteiger partial charge in [-0.3, -0.25) is 0 Å². The third kappa shape index (κ3) is 11.1. The Balaban J connectivity index is 6.28. The number of allylic oxidation sites excluding steroid dienone is 4. The van der Waals surface area contributed by atoms with Crippen molar-refractivity contribution in [3.05, 3.63) is 23.3 Å². The van der Waals surface area contributed by atoms with Gasteiger partial charge in [0.25, 0.3) is 0 Å². The van der Waals surface area contributed by atoms with Crippen LogP contribution in [0, 0.1) is 33.8 Å². The van der Waals surface area contributed by atoms with Gasteiger partial charge in [0.15, 0.2) is 0 Å². The van der Waals surface area contributed by atoms with E-state index in [1.165, 1.54) is 11.1 Å². The molecule has 0 saturated carbocycles. The summed E-state index contributed by atoms with van der Waals surface area (Å²) in [6, 6.07) is 0. The molecule has 0 nitrogen and oxygen atoms in total. The highest BCUT2D eigenvalue weighted by atomic mass is 28.3. The molecule has 2 unspecified atom stereocenters. The molecular formula is C26H46Si2. The average Bonchev–Trinajstić information content (AvgIpc) is 2.49. The highest BCUT2D eigenvalue weighted by Crippen LogP contribution is 2.46.